The topological polar surface area (TPSA) is 119 Å². The lowest BCUT2D eigenvalue weighted by Crippen LogP contribution is -2.49. The van der Waals surface area contributed by atoms with Crippen LogP contribution < -0.4 is 15.8 Å². The predicted octanol–water partition coefficient (Wildman–Crippen LogP) is 3.20. The van der Waals surface area contributed by atoms with E-state index in [1.165, 1.54) is 23.1 Å². The van der Waals surface area contributed by atoms with Crippen molar-refractivity contribution < 1.29 is 23.2 Å². The van der Waals surface area contributed by atoms with Gasteiger partial charge in [-0.2, -0.15) is 5.10 Å². The molecule has 12 heteroatoms. The number of imide groups is 1. The number of piperazine rings is 1. The molecule has 10 nitrogen and oxygen atoms in total. The summed E-state index contributed by atoms with van der Waals surface area (Å²) >= 11 is 0. The van der Waals surface area contributed by atoms with Crippen LogP contribution in [0.3, 0.4) is 0 Å². The largest absolute Gasteiger partial charge is 0.336 e. The Morgan fingerprint density at radius 2 is 1.63 bits per heavy atom. The second kappa shape index (κ2) is 11.7. The minimum atomic E-state index is -0.621. The standard InChI is InChI=1S/C31H28F2N6O4/c32-25-8-5-19(16-27-22-3-1-2-4-23(22)29(41)36-35-27)15-24(25)30(42)38-13-11-37(12-14-38)18-20-6-7-21(17-26(20)33)39-10-9-28(40)34-31(39)43/h1-8,15,17H,9-14,16,18H2,(H,36,41)(H,34,40,43). The van der Waals surface area contributed by atoms with E-state index in [0.29, 0.717) is 72.4 Å². The number of anilines is 1. The van der Waals surface area contributed by atoms with E-state index >= 15 is 0 Å². The third-order valence-corrected chi connectivity index (χ3v) is 7.86. The Morgan fingerprint density at radius 1 is 0.860 bits per heavy atom. The molecule has 3 heterocycles. The third kappa shape index (κ3) is 5.86. The molecule has 0 aliphatic carbocycles. The molecule has 2 N–H and O–H groups in total. The normalized spacial score (nSPS) is 16.0. The first-order valence-electron chi connectivity index (χ1n) is 13.9. The Labute approximate surface area is 244 Å². The van der Waals surface area contributed by atoms with Gasteiger partial charge in [-0.15, -0.1) is 0 Å². The van der Waals surface area contributed by atoms with Gasteiger partial charge >= 0.3 is 6.03 Å². The van der Waals surface area contributed by atoms with E-state index in [0.717, 1.165) is 0 Å². The number of hydrogen-bond donors (Lipinski definition) is 2. The Kier molecular flexibility index (Phi) is 7.68. The molecular formula is C31H28F2N6O4. The molecule has 4 amide bonds. The highest BCUT2D eigenvalue weighted by Gasteiger charge is 2.27. The van der Waals surface area contributed by atoms with Crippen molar-refractivity contribution in [3.8, 4) is 0 Å². The quantitative estimate of drug-likeness (QED) is 0.358. The van der Waals surface area contributed by atoms with Crippen molar-refractivity contribution in [3.63, 3.8) is 0 Å². The summed E-state index contributed by atoms with van der Waals surface area (Å²) in [4.78, 5) is 53.8. The second-order valence-electron chi connectivity index (χ2n) is 10.6. The monoisotopic (exact) mass is 586 g/mol. The number of hydrogen-bond acceptors (Lipinski definition) is 6. The Bertz CT molecular complexity index is 1800. The molecule has 0 unspecified atom stereocenters. The fraction of sp³-hybridized carbons (Fsp3) is 0.258. The summed E-state index contributed by atoms with van der Waals surface area (Å²) in [6, 6.07) is 15.5. The van der Waals surface area contributed by atoms with Crippen LogP contribution in [-0.2, 0) is 17.8 Å². The number of nitrogens with one attached hydrogen (secondary N) is 2. The molecule has 2 aliphatic rings. The van der Waals surface area contributed by atoms with Crippen molar-refractivity contribution in [1.29, 1.82) is 0 Å². The highest BCUT2D eigenvalue weighted by molar-refractivity contribution is 6.05. The van der Waals surface area contributed by atoms with Crippen LogP contribution in [0.15, 0.2) is 65.5 Å². The molecule has 3 aromatic carbocycles. The molecule has 0 bridgehead atoms. The summed E-state index contributed by atoms with van der Waals surface area (Å²) < 4.78 is 29.8. The number of fused-ring (bicyclic) bond motifs is 1. The number of aromatic amines is 1. The lowest BCUT2D eigenvalue weighted by atomic mass is 10.0. The van der Waals surface area contributed by atoms with Crippen molar-refractivity contribution >= 4 is 34.3 Å². The van der Waals surface area contributed by atoms with Gasteiger partial charge < -0.3 is 4.90 Å². The molecule has 0 spiro atoms. The number of benzene rings is 3. The van der Waals surface area contributed by atoms with E-state index in [-0.39, 0.29) is 30.0 Å². The van der Waals surface area contributed by atoms with Crippen molar-refractivity contribution in [3.05, 3.63) is 105 Å². The molecule has 0 radical (unpaired) electrons. The summed E-state index contributed by atoms with van der Waals surface area (Å²) in [5.74, 6) is -1.87. The number of aromatic nitrogens is 2. The van der Waals surface area contributed by atoms with E-state index < -0.39 is 23.6 Å². The Balaban J connectivity index is 1.09. The molecule has 0 atom stereocenters. The number of amides is 4. The van der Waals surface area contributed by atoms with Gasteiger partial charge in [0, 0.05) is 68.7 Å². The molecule has 1 aromatic heterocycles. The molecule has 2 saturated heterocycles. The van der Waals surface area contributed by atoms with E-state index in [4.69, 9.17) is 0 Å². The number of carbonyl (C=O) groups excluding carboxylic acids is 3. The Morgan fingerprint density at radius 3 is 2.37 bits per heavy atom. The average Bonchev–Trinajstić information content (AvgIpc) is 3.01. The summed E-state index contributed by atoms with van der Waals surface area (Å²) in [6.07, 6.45) is 0.451. The van der Waals surface area contributed by atoms with Gasteiger partial charge in [-0.3, -0.25) is 29.5 Å². The van der Waals surface area contributed by atoms with Crippen LogP contribution in [0.25, 0.3) is 10.8 Å². The summed E-state index contributed by atoms with van der Waals surface area (Å²) in [5, 5.41) is 10.1. The van der Waals surface area contributed by atoms with E-state index in [2.05, 4.69) is 15.5 Å². The minimum Gasteiger partial charge on any atom is -0.336 e. The van der Waals surface area contributed by atoms with Gasteiger partial charge in [0.25, 0.3) is 11.5 Å². The predicted molar refractivity (Wildman–Crippen MR) is 155 cm³/mol. The van der Waals surface area contributed by atoms with Crippen molar-refractivity contribution in [2.45, 2.75) is 19.4 Å². The smallest absolute Gasteiger partial charge is 0.328 e. The lowest BCUT2D eigenvalue weighted by molar-refractivity contribution is -0.120. The first-order valence-corrected chi connectivity index (χ1v) is 13.9. The van der Waals surface area contributed by atoms with Gasteiger partial charge in [0.05, 0.1) is 16.6 Å². The molecule has 2 aliphatic heterocycles. The first-order chi connectivity index (χ1) is 20.8. The van der Waals surface area contributed by atoms with Gasteiger partial charge in [0.15, 0.2) is 0 Å². The zero-order valence-corrected chi connectivity index (χ0v) is 23.1. The first kappa shape index (κ1) is 28.2. The summed E-state index contributed by atoms with van der Waals surface area (Å²) in [7, 11) is 0. The van der Waals surface area contributed by atoms with Crippen LogP contribution in [0.4, 0.5) is 19.3 Å². The van der Waals surface area contributed by atoms with Crippen LogP contribution >= 0.6 is 0 Å². The number of H-pyrrole nitrogens is 1. The molecular weight excluding hydrogens is 558 g/mol. The lowest BCUT2D eigenvalue weighted by Gasteiger charge is -2.35. The zero-order chi connectivity index (χ0) is 30.1. The molecule has 6 rings (SSSR count). The van der Waals surface area contributed by atoms with Gasteiger partial charge in [-0.05, 0) is 35.9 Å². The van der Waals surface area contributed by atoms with Crippen LogP contribution in [0.1, 0.15) is 33.6 Å². The molecule has 43 heavy (non-hydrogen) atoms. The van der Waals surface area contributed by atoms with Gasteiger partial charge in [0.2, 0.25) is 5.91 Å². The zero-order valence-electron chi connectivity index (χ0n) is 23.1. The average molecular weight is 587 g/mol. The summed E-state index contributed by atoms with van der Waals surface area (Å²) in [6.45, 7) is 2.12. The Hall–Kier alpha value is -4.97. The molecule has 4 aromatic rings. The van der Waals surface area contributed by atoms with Gasteiger partial charge in [0.1, 0.15) is 11.6 Å². The van der Waals surface area contributed by atoms with Crippen LogP contribution in [0, 0.1) is 11.6 Å². The fourth-order valence-corrected chi connectivity index (χ4v) is 5.51. The number of urea groups is 1. The third-order valence-electron chi connectivity index (χ3n) is 7.86. The number of rotatable bonds is 6. The van der Waals surface area contributed by atoms with Gasteiger partial charge in [-0.25, -0.2) is 18.7 Å². The van der Waals surface area contributed by atoms with Crippen LogP contribution in [0.5, 0.6) is 0 Å². The highest BCUT2D eigenvalue weighted by atomic mass is 19.1. The molecule has 2 fully saturated rings. The van der Waals surface area contributed by atoms with E-state index in [1.807, 2.05) is 11.0 Å². The SMILES string of the molecule is O=C1CCN(c2ccc(CN3CCN(C(=O)c4cc(Cc5n[nH]c(=O)c6ccccc56)ccc4F)CC3)c(F)c2)C(=O)N1. The van der Waals surface area contributed by atoms with Gasteiger partial charge in [-0.1, -0.05) is 30.3 Å². The van der Waals surface area contributed by atoms with Crippen molar-refractivity contribution in [1.82, 2.24) is 25.3 Å². The number of nitrogens with zero attached hydrogens (tertiary/aromatic N) is 4. The second-order valence-corrected chi connectivity index (χ2v) is 10.6. The number of carbonyl (C=O) groups is 3. The fourth-order valence-electron chi connectivity index (χ4n) is 5.51. The van der Waals surface area contributed by atoms with Crippen LogP contribution in [0.2, 0.25) is 0 Å². The van der Waals surface area contributed by atoms with E-state index in [1.54, 1.807) is 41.3 Å². The molecule has 220 valence electrons. The number of halogens is 2. The summed E-state index contributed by atoms with van der Waals surface area (Å²) in [5.41, 5.74) is 1.78. The highest BCUT2D eigenvalue weighted by Crippen LogP contribution is 2.23. The maximum absolute atomic E-state index is 15.0. The van der Waals surface area contributed by atoms with Crippen molar-refractivity contribution in [2.24, 2.45) is 0 Å². The maximum atomic E-state index is 15.0. The maximum Gasteiger partial charge on any atom is 0.328 e. The van der Waals surface area contributed by atoms with E-state index in [9.17, 15) is 28.0 Å². The van der Waals surface area contributed by atoms with Crippen LogP contribution in [-0.4, -0.2) is 70.6 Å². The molecule has 0 saturated carbocycles. The minimum absolute atomic E-state index is 0.0373. The van der Waals surface area contributed by atoms with Crippen molar-refractivity contribution in [2.75, 3.05) is 37.6 Å².